The van der Waals surface area contributed by atoms with Crippen LogP contribution >= 0.6 is 0 Å². The Hall–Kier alpha value is -1.98. The van der Waals surface area contributed by atoms with Crippen LogP contribution in [0.25, 0.3) is 0 Å². The minimum Gasteiger partial charge on any atom is -0.393 e. The second kappa shape index (κ2) is 4.95. The van der Waals surface area contributed by atoms with Gasteiger partial charge in [-0.05, 0) is 19.8 Å². The van der Waals surface area contributed by atoms with Crippen LogP contribution in [0.3, 0.4) is 0 Å². The Morgan fingerprint density at radius 2 is 1.95 bits per heavy atom. The molecule has 0 aromatic heterocycles. The Bertz CT molecular complexity index is 489. The molecule has 2 bridgehead atoms. The molecule has 2 rings (SSSR count). The van der Waals surface area contributed by atoms with Crippen LogP contribution in [0.4, 0.5) is 0 Å². The van der Waals surface area contributed by atoms with Crippen molar-refractivity contribution >= 4 is 23.9 Å². The second-order valence-electron chi connectivity index (χ2n) is 4.89. The summed E-state index contributed by atoms with van der Waals surface area (Å²) in [6, 6.07) is 0. The average molecular weight is 266 g/mol. The van der Waals surface area contributed by atoms with Gasteiger partial charge in [0.2, 0.25) is 0 Å². The number of carbonyl (C=O) groups excluding carboxylic acids is 4. The van der Waals surface area contributed by atoms with Gasteiger partial charge in [-0.15, -0.1) is 0 Å². The van der Waals surface area contributed by atoms with Crippen molar-refractivity contribution in [1.82, 2.24) is 0 Å². The Balaban J connectivity index is 2.25. The lowest BCUT2D eigenvalue weighted by molar-refractivity contribution is -0.170. The average Bonchev–Trinajstić information content (AvgIpc) is 2.44. The molecule has 0 spiro atoms. The minimum atomic E-state index is -0.697. The fourth-order valence-corrected chi connectivity index (χ4v) is 2.48. The maximum atomic E-state index is 11.8. The first kappa shape index (κ1) is 13.5. The zero-order chi connectivity index (χ0) is 14.2. The molecule has 0 N–H and O–H groups in total. The van der Waals surface area contributed by atoms with Crippen molar-refractivity contribution in [1.29, 1.82) is 0 Å². The van der Waals surface area contributed by atoms with E-state index in [1.807, 2.05) is 0 Å². The second-order valence-corrected chi connectivity index (χ2v) is 4.89. The molecule has 1 heterocycles. The van der Waals surface area contributed by atoms with Crippen LogP contribution in [0.2, 0.25) is 0 Å². The molecule has 102 valence electrons. The topological polar surface area (TPSA) is 86.7 Å². The van der Waals surface area contributed by atoms with Crippen LogP contribution in [0.5, 0.6) is 0 Å². The summed E-state index contributed by atoms with van der Waals surface area (Å²) in [6.07, 6.45) is 2.14. The molecule has 2 aliphatic rings. The molecular weight excluding hydrogens is 252 g/mol. The molecule has 1 aliphatic heterocycles. The maximum Gasteiger partial charge on any atom is 0.320 e. The van der Waals surface area contributed by atoms with E-state index in [1.165, 1.54) is 0 Å². The molecule has 1 fully saturated rings. The molecule has 6 heteroatoms. The van der Waals surface area contributed by atoms with E-state index in [-0.39, 0.29) is 6.42 Å². The number of esters is 4. The van der Waals surface area contributed by atoms with Gasteiger partial charge in [0.05, 0.1) is 17.8 Å². The predicted molar refractivity (Wildman–Crippen MR) is 61.3 cm³/mol. The quantitative estimate of drug-likeness (QED) is 0.395. The molecular formula is C13H14O6. The van der Waals surface area contributed by atoms with Crippen molar-refractivity contribution in [3.8, 4) is 0 Å². The van der Waals surface area contributed by atoms with Crippen LogP contribution in [-0.4, -0.2) is 23.9 Å². The number of cyclic esters (lactones) is 2. The van der Waals surface area contributed by atoms with Gasteiger partial charge in [-0.1, -0.05) is 11.6 Å². The summed E-state index contributed by atoms with van der Waals surface area (Å²) >= 11 is 0. The van der Waals surface area contributed by atoms with Crippen LogP contribution in [0.1, 0.15) is 26.7 Å². The SMILES string of the molecule is CC(=O)OC(=O)[C@H]1C=C(C)C2CC(C1)C(=O)OC2=O. The van der Waals surface area contributed by atoms with Crippen molar-refractivity contribution in [3.63, 3.8) is 0 Å². The molecule has 6 nitrogen and oxygen atoms in total. The highest BCUT2D eigenvalue weighted by atomic mass is 16.6. The van der Waals surface area contributed by atoms with Crippen molar-refractivity contribution in [2.24, 2.45) is 17.8 Å². The van der Waals surface area contributed by atoms with Gasteiger partial charge < -0.3 is 9.47 Å². The van der Waals surface area contributed by atoms with E-state index in [0.29, 0.717) is 12.0 Å². The monoisotopic (exact) mass is 266 g/mol. The summed E-state index contributed by atoms with van der Waals surface area (Å²) < 4.78 is 9.22. The van der Waals surface area contributed by atoms with E-state index in [2.05, 4.69) is 9.47 Å². The number of carbonyl (C=O) groups is 4. The van der Waals surface area contributed by atoms with Gasteiger partial charge in [0, 0.05) is 6.92 Å². The van der Waals surface area contributed by atoms with Gasteiger partial charge in [-0.2, -0.15) is 0 Å². The molecule has 1 aliphatic carbocycles. The highest BCUT2D eigenvalue weighted by molar-refractivity contribution is 5.93. The molecule has 0 saturated carbocycles. The number of rotatable bonds is 1. The lowest BCUT2D eigenvalue weighted by Gasteiger charge is -2.24. The Morgan fingerprint density at radius 1 is 1.26 bits per heavy atom. The molecule has 3 atom stereocenters. The van der Waals surface area contributed by atoms with Gasteiger partial charge in [-0.25, -0.2) is 0 Å². The van der Waals surface area contributed by atoms with Crippen LogP contribution in [0.15, 0.2) is 11.6 Å². The third-order valence-electron chi connectivity index (χ3n) is 3.44. The van der Waals surface area contributed by atoms with E-state index in [4.69, 9.17) is 0 Å². The fourth-order valence-electron chi connectivity index (χ4n) is 2.48. The highest BCUT2D eigenvalue weighted by Crippen LogP contribution is 2.36. The molecule has 19 heavy (non-hydrogen) atoms. The van der Waals surface area contributed by atoms with Crippen molar-refractivity contribution < 1.29 is 28.7 Å². The van der Waals surface area contributed by atoms with Crippen molar-refractivity contribution in [2.45, 2.75) is 26.7 Å². The summed E-state index contributed by atoms with van der Waals surface area (Å²) in [5.74, 6) is -4.27. The number of hydrogen-bond donors (Lipinski definition) is 0. The standard InChI is InChI=1S/C13H14O6/c1-6-3-8(11(15)18-7(2)14)4-9-5-10(6)13(17)19-12(9)16/h3,8-10H,4-5H2,1-2H3/t8-,9?,10?/m0/s1. The lowest BCUT2D eigenvalue weighted by Crippen LogP contribution is -2.35. The number of hydrogen-bond acceptors (Lipinski definition) is 6. The predicted octanol–water partition coefficient (Wildman–Crippen LogP) is 0.748. The highest BCUT2D eigenvalue weighted by Gasteiger charge is 2.42. The third kappa shape index (κ3) is 2.72. The molecule has 0 radical (unpaired) electrons. The fraction of sp³-hybridized carbons (Fsp3) is 0.538. The van der Waals surface area contributed by atoms with Crippen LogP contribution in [-0.2, 0) is 28.7 Å². The van der Waals surface area contributed by atoms with E-state index in [9.17, 15) is 19.2 Å². The van der Waals surface area contributed by atoms with Crippen molar-refractivity contribution in [3.05, 3.63) is 11.6 Å². The van der Waals surface area contributed by atoms with Gasteiger partial charge in [0.15, 0.2) is 0 Å². The molecule has 1 saturated heterocycles. The maximum absolute atomic E-state index is 11.8. The largest absolute Gasteiger partial charge is 0.393 e. The first-order valence-corrected chi connectivity index (χ1v) is 6.04. The minimum absolute atomic E-state index is 0.200. The normalized spacial score (nSPS) is 30.0. The third-order valence-corrected chi connectivity index (χ3v) is 3.44. The molecule has 2 unspecified atom stereocenters. The van der Waals surface area contributed by atoms with Gasteiger partial charge in [0.25, 0.3) is 0 Å². The Labute approximate surface area is 109 Å². The van der Waals surface area contributed by atoms with Crippen molar-refractivity contribution in [2.75, 3.05) is 0 Å². The summed E-state index contributed by atoms with van der Waals surface area (Å²) in [7, 11) is 0. The van der Waals surface area contributed by atoms with E-state index in [1.54, 1.807) is 13.0 Å². The summed E-state index contributed by atoms with van der Waals surface area (Å²) in [4.78, 5) is 45.7. The smallest absolute Gasteiger partial charge is 0.320 e. The first-order valence-electron chi connectivity index (χ1n) is 6.04. The van der Waals surface area contributed by atoms with Gasteiger partial charge in [0.1, 0.15) is 0 Å². The van der Waals surface area contributed by atoms with E-state index >= 15 is 0 Å². The summed E-state index contributed by atoms with van der Waals surface area (Å²) in [6.45, 7) is 2.85. The number of ether oxygens (including phenoxy) is 2. The lowest BCUT2D eigenvalue weighted by atomic mass is 9.87. The Morgan fingerprint density at radius 3 is 2.58 bits per heavy atom. The first-order chi connectivity index (χ1) is 8.88. The number of fused-ring (bicyclic) bond motifs is 2. The van der Waals surface area contributed by atoms with Gasteiger partial charge >= 0.3 is 23.9 Å². The van der Waals surface area contributed by atoms with E-state index in [0.717, 1.165) is 6.92 Å². The summed E-state index contributed by atoms with van der Waals surface area (Å²) in [5, 5.41) is 0. The van der Waals surface area contributed by atoms with Gasteiger partial charge in [-0.3, -0.25) is 19.2 Å². The summed E-state index contributed by atoms with van der Waals surface area (Å²) in [5.41, 5.74) is 0.672. The van der Waals surface area contributed by atoms with Crippen LogP contribution in [0, 0.1) is 17.8 Å². The zero-order valence-electron chi connectivity index (χ0n) is 10.7. The molecule has 0 aromatic rings. The molecule has 0 aromatic carbocycles. The zero-order valence-corrected chi connectivity index (χ0v) is 10.7. The van der Waals surface area contributed by atoms with E-state index < -0.39 is 41.6 Å². The Kier molecular flexibility index (Phi) is 3.50. The molecule has 0 amide bonds. The van der Waals surface area contributed by atoms with Crippen LogP contribution < -0.4 is 0 Å².